The van der Waals surface area contributed by atoms with Crippen molar-refractivity contribution < 1.29 is 8.78 Å². The summed E-state index contributed by atoms with van der Waals surface area (Å²) < 4.78 is 25.9. The van der Waals surface area contributed by atoms with Crippen molar-refractivity contribution in [3.8, 4) is 0 Å². The molecule has 0 spiro atoms. The number of nitrogens with zero attached hydrogens (tertiary/aromatic N) is 2. The van der Waals surface area contributed by atoms with Crippen LogP contribution in [0.15, 0.2) is 29.9 Å². The molecule has 2 heterocycles. The predicted molar refractivity (Wildman–Crippen MR) is 63.2 cm³/mol. The van der Waals surface area contributed by atoms with Crippen LogP contribution in [0.25, 0.3) is 0 Å². The van der Waals surface area contributed by atoms with Gasteiger partial charge in [-0.2, -0.15) is 8.78 Å². The smallest absolute Gasteiger partial charge is 0.310 e. The fourth-order valence-corrected chi connectivity index (χ4v) is 2.23. The molecule has 0 unspecified atom stereocenters. The zero-order valence-electron chi connectivity index (χ0n) is 9.14. The molecule has 0 saturated heterocycles. The molecule has 6 heteroatoms. The Morgan fingerprint density at radius 1 is 1.47 bits per heavy atom. The van der Waals surface area contributed by atoms with E-state index in [0.717, 1.165) is 17.5 Å². The van der Waals surface area contributed by atoms with Gasteiger partial charge >= 0.3 is 6.55 Å². The first-order chi connectivity index (χ1) is 8.27. The molecule has 3 nitrogen and oxygen atoms in total. The number of hydrogen-bond acceptors (Lipinski definition) is 3. The fourth-order valence-electron chi connectivity index (χ4n) is 1.53. The summed E-state index contributed by atoms with van der Waals surface area (Å²) in [5, 5.41) is 5.14. The second-order valence-electron chi connectivity index (χ2n) is 3.53. The molecule has 1 N–H and O–H groups in total. The van der Waals surface area contributed by atoms with E-state index in [1.165, 1.54) is 17.3 Å². The van der Waals surface area contributed by atoms with Gasteiger partial charge < -0.3 is 5.32 Å². The molecule has 0 atom stereocenters. The highest BCUT2D eigenvalue weighted by atomic mass is 32.1. The Labute approximate surface area is 102 Å². The molecule has 0 radical (unpaired) electrons. The van der Waals surface area contributed by atoms with Crippen molar-refractivity contribution in [2.75, 3.05) is 6.54 Å². The Hall–Kier alpha value is -1.27. The first kappa shape index (κ1) is 12.2. The van der Waals surface area contributed by atoms with Crippen molar-refractivity contribution in [2.45, 2.75) is 19.5 Å². The summed E-state index contributed by atoms with van der Waals surface area (Å²) in [5.41, 5.74) is 0. The van der Waals surface area contributed by atoms with Crippen molar-refractivity contribution in [3.63, 3.8) is 0 Å². The molecule has 0 bridgehead atoms. The maximum atomic E-state index is 12.5. The summed E-state index contributed by atoms with van der Waals surface area (Å²) in [6.45, 7) is -1.40. The number of nitrogens with one attached hydrogen (secondary N) is 1. The topological polar surface area (TPSA) is 29.9 Å². The van der Waals surface area contributed by atoms with Crippen LogP contribution >= 0.6 is 11.3 Å². The summed E-state index contributed by atoms with van der Waals surface area (Å²) in [4.78, 5) is 5.18. The normalized spacial score (nSPS) is 11.2. The SMILES string of the molecule is FC(F)n1ccnc1CNCCc1cccs1. The molecule has 0 fully saturated rings. The van der Waals surface area contributed by atoms with Gasteiger partial charge in [0.05, 0.1) is 6.54 Å². The second kappa shape index (κ2) is 5.88. The lowest BCUT2D eigenvalue weighted by Gasteiger charge is -2.07. The van der Waals surface area contributed by atoms with E-state index in [4.69, 9.17) is 0 Å². The highest BCUT2D eigenvalue weighted by Crippen LogP contribution is 2.12. The van der Waals surface area contributed by atoms with Crippen LogP contribution in [0.4, 0.5) is 8.78 Å². The van der Waals surface area contributed by atoms with Gasteiger partial charge in [-0.1, -0.05) is 6.07 Å². The van der Waals surface area contributed by atoms with Crippen LogP contribution in [0.2, 0.25) is 0 Å². The van der Waals surface area contributed by atoms with E-state index in [2.05, 4.69) is 16.4 Å². The van der Waals surface area contributed by atoms with Gasteiger partial charge in [0.25, 0.3) is 0 Å². The number of hydrogen-bond donors (Lipinski definition) is 1. The van der Waals surface area contributed by atoms with Crippen LogP contribution in [0.1, 0.15) is 17.3 Å². The Morgan fingerprint density at radius 2 is 2.35 bits per heavy atom. The minimum Gasteiger partial charge on any atom is -0.310 e. The van der Waals surface area contributed by atoms with E-state index >= 15 is 0 Å². The zero-order valence-corrected chi connectivity index (χ0v) is 9.96. The minimum absolute atomic E-state index is 0.364. The number of alkyl halides is 2. The quantitative estimate of drug-likeness (QED) is 0.806. The first-order valence-electron chi connectivity index (χ1n) is 5.30. The van der Waals surface area contributed by atoms with E-state index in [9.17, 15) is 8.78 Å². The molecule has 17 heavy (non-hydrogen) atoms. The third-order valence-electron chi connectivity index (χ3n) is 2.37. The summed E-state index contributed by atoms with van der Waals surface area (Å²) in [6.07, 6.45) is 3.59. The largest absolute Gasteiger partial charge is 0.319 e. The standard InChI is InChI=1S/C11H13F2N3S/c12-11(13)16-6-5-15-10(16)8-14-4-3-9-2-1-7-17-9/h1-2,5-7,11,14H,3-4,8H2. The van der Waals surface area contributed by atoms with Crippen LogP contribution in [0.5, 0.6) is 0 Å². The van der Waals surface area contributed by atoms with Gasteiger partial charge in [-0.05, 0) is 17.9 Å². The number of aromatic nitrogens is 2. The minimum atomic E-state index is -2.52. The monoisotopic (exact) mass is 257 g/mol. The predicted octanol–water partition coefficient (Wildman–Crippen LogP) is 2.67. The van der Waals surface area contributed by atoms with E-state index in [-0.39, 0.29) is 0 Å². The Bertz CT molecular complexity index is 439. The summed E-state index contributed by atoms with van der Waals surface area (Å²) in [5.74, 6) is 0.367. The van der Waals surface area contributed by atoms with Crippen molar-refractivity contribution in [1.29, 1.82) is 0 Å². The van der Waals surface area contributed by atoms with Gasteiger partial charge in [0.2, 0.25) is 0 Å². The maximum Gasteiger partial charge on any atom is 0.319 e. The summed E-state index contributed by atoms with van der Waals surface area (Å²) >= 11 is 1.70. The lowest BCUT2D eigenvalue weighted by Crippen LogP contribution is -2.19. The molecule has 2 aromatic heterocycles. The average Bonchev–Trinajstić information content (AvgIpc) is 2.95. The van der Waals surface area contributed by atoms with Gasteiger partial charge in [0.15, 0.2) is 0 Å². The zero-order chi connectivity index (χ0) is 12.1. The number of thiophene rings is 1. The number of halogens is 2. The van der Waals surface area contributed by atoms with Gasteiger partial charge in [0.1, 0.15) is 5.82 Å². The van der Waals surface area contributed by atoms with E-state index in [1.807, 2.05) is 11.4 Å². The molecule has 0 amide bonds. The van der Waals surface area contributed by atoms with Crippen molar-refractivity contribution in [1.82, 2.24) is 14.9 Å². The molecule has 0 aromatic carbocycles. The van der Waals surface area contributed by atoms with E-state index in [0.29, 0.717) is 12.4 Å². The van der Waals surface area contributed by atoms with Gasteiger partial charge in [-0.25, -0.2) is 4.98 Å². The molecular formula is C11H13F2N3S. The van der Waals surface area contributed by atoms with Crippen LogP contribution in [-0.2, 0) is 13.0 Å². The Kier molecular flexibility index (Phi) is 4.22. The van der Waals surface area contributed by atoms with Gasteiger partial charge in [-0.15, -0.1) is 11.3 Å². The molecule has 0 aliphatic carbocycles. The molecule has 2 rings (SSSR count). The number of rotatable bonds is 6. The van der Waals surface area contributed by atoms with Crippen LogP contribution < -0.4 is 5.32 Å². The molecule has 0 saturated carbocycles. The first-order valence-corrected chi connectivity index (χ1v) is 6.18. The highest BCUT2D eigenvalue weighted by molar-refractivity contribution is 7.09. The molecular weight excluding hydrogens is 244 g/mol. The van der Waals surface area contributed by atoms with Crippen molar-refractivity contribution in [2.24, 2.45) is 0 Å². The van der Waals surface area contributed by atoms with Gasteiger partial charge in [0, 0.05) is 23.8 Å². The summed E-state index contributed by atoms with van der Waals surface area (Å²) in [7, 11) is 0. The lowest BCUT2D eigenvalue weighted by molar-refractivity contribution is 0.0666. The summed E-state index contributed by atoms with van der Waals surface area (Å²) in [6, 6.07) is 4.07. The van der Waals surface area contributed by atoms with Crippen molar-refractivity contribution >= 4 is 11.3 Å². The Balaban J connectivity index is 1.76. The van der Waals surface area contributed by atoms with E-state index < -0.39 is 6.55 Å². The third kappa shape index (κ3) is 3.34. The van der Waals surface area contributed by atoms with Crippen LogP contribution in [-0.4, -0.2) is 16.1 Å². The Morgan fingerprint density at radius 3 is 3.06 bits per heavy atom. The molecule has 2 aromatic rings. The lowest BCUT2D eigenvalue weighted by atomic mass is 10.3. The fraction of sp³-hybridized carbons (Fsp3) is 0.364. The molecule has 0 aliphatic heterocycles. The maximum absolute atomic E-state index is 12.5. The average molecular weight is 257 g/mol. The second-order valence-corrected chi connectivity index (χ2v) is 4.57. The van der Waals surface area contributed by atoms with Crippen molar-refractivity contribution in [3.05, 3.63) is 40.6 Å². The van der Waals surface area contributed by atoms with Crippen LogP contribution in [0, 0.1) is 0 Å². The molecule has 92 valence electrons. The van der Waals surface area contributed by atoms with E-state index in [1.54, 1.807) is 11.3 Å². The highest BCUT2D eigenvalue weighted by Gasteiger charge is 2.10. The third-order valence-corrected chi connectivity index (χ3v) is 3.31. The molecule has 0 aliphatic rings. The van der Waals surface area contributed by atoms with Gasteiger partial charge in [-0.3, -0.25) is 4.57 Å². The number of imidazole rings is 1. The van der Waals surface area contributed by atoms with Crippen LogP contribution in [0.3, 0.4) is 0 Å².